The summed E-state index contributed by atoms with van der Waals surface area (Å²) in [6.45, 7) is 0. The van der Waals surface area contributed by atoms with Crippen LogP contribution < -0.4 is 15.4 Å². The van der Waals surface area contributed by atoms with Crippen LogP contribution in [0.5, 0.6) is 5.75 Å². The highest BCUT2D eigenvalue weighted by Gasteiger charge is 2.08. The van der Waals surface area contributed by atoms with Crippen molar-refractivity contribution in [2.75, 3.05) is 17.7 Å². The lowest BCUT2D eigenvalue weighted by atomic mass is 10.1. The summed E-state index contributed by atoms with van der Waals surface area (Å²) in [7, 11) is 1.58. The van der Waals surface area contributed by atoms with Crippen LogP contribution in [0.4, 0.5) is 21.6 Å². The highest BCUT2D eigenvalue weighted by atomic mass is 19.1. The van der Waals surface area contributed by atoms with Crippen LogP contribution in [0.1, 0.15) is 10.4 Å². The molecule has 4 aromatic rings. The fraction of sp³-hybridized carbons (Fsp3) is 0.0417. The van der Waals surface area contributed by atoms with E-state index in [1.807, 2.05) is 12.1 Å². The first-order valence-electron chi connectivity index (χ1n) is 9.53. The molecule has 3 aromatic carbocycles. The van der Waals surface area contributed by atoms with Gasteiger partial charge in [-0.15, -0.1) is 10.2 Å². The van der Waals surface area contributed by atoms with Crippen LogP contribution in [0.25, 0.3) is 11.3 Å². The zero-order chi connectivity index (χ0) is 21.6. The predicted molar refractivity (Wildman–Crippen MR) is 118 cm³/mol. The molecule has 7 heteroatoms. The van der Waals surface area contributed by atoms with Crippen molar-refractivity contribution in [2.24, 2.45) is 0 Å². The lowest BCUT2D eigenvalue weighted by Gasteiger charge is -2.09. The van der Waals surface area contributed by atoms with E-state index in [0.29, 0.717) is 34.1 Å². The molecule has 1 amide bonds. The number of carbonyl (C=O) groups is 1. The summed E-state index contributed by atoms with van der Waals surface area (Å²) < 4.78 is 18.5. The van der Waals surface area contributed by atoms with Gasteiger partial charge < -0.3 is 15.4 Å². The van der Waals surface area contributed by atoms with Crippen LogP contribution in [0.3, 0.4) is 0 Å². The molecule has 31 heavy (non-hydrogen) atoms. The van der Waals surface area contributed by atoms with E-state index in [1.54, 1.807) is 67.8 Å². The molecule has 0 aliphatic carbocycles. The molecule has 2 N–H and O–H groups in total. The molecular formula is C24H19FN4O2. The van der Waals surface area contributed by atoms with Gasteiger partial charge in [-0.2, -0.15) is 0 Å². The molecule has 0 aliphatic rings. The maximum atomic E-state index is 13.4. The van der Waals surface area contributed by atoms with Gasteiger partial charge in [0, 0.05) is 28.6 Å². The second kappa shape index (κ2) is 9.04. The molecule has 0 atom stereocenters. The number of nitrogens with zero attached hydrogens (tertiary/aromatic N) is 2. The highest BCUT2D eigenvalue weighted by molar-refractivity contribution is 6.04. The van der Waals surface area contributed by atoms with E-state index in [4.69, 9.17) is 4.74 Å². The zero-order valence-corrected chi connectivity index (χ0v) is 16.7. The normalized spacial score (nSPS) is 10.4. The number of methoxy groups -OCH3 is 1. The maximum absolute atomic E-state index is 13.4. The van der Waals surface area contributed by atoms with Crippen molar-refractivity contribution >= 4 is 23.1 Å². The Bertz CT molecular complexity index is 1190. The molecule has 154 valence electrons. The minimum Gasteiger partial charge on any atom is -0.497 e. The van der Waals surface area contributed by atoms with Crippen molar-refractivity contribution in [1.29, 1.82) is 0 Å². The molecule has 0 radical (unpaired) electrons. The number of aromatic nitrogens is 2. The third-order valence-electron chi connectivity index (χ3n) is 4.53. The first kappa shape index (κ1) is 20.0. The topological polar surface area (TPSA) is 76.1 Å². The SMILES string of the molecule is COc1cccc(NC(=O)c2ccc(Nc3ccc(-c4cccc(F)c4)nn3)cc2)c1. The molecule has 0 bridgehead atoms. The quantitative estimate of drug-likeness (QED) is 0.449. The van der Waals surface area contributed by atoms with Crippen molar-refractivity contribution < 1.29 is 13.9 Å². The Balaban J connectivity index is 1.40. The van der Waals surface area contributed by atoms with E-state index >= 15 is 0 Å². The lowest BCUT2D eigenvalue weighted by molar-refractivity contribution is 0.102. The summed E-state index contributed by atoms with van der Waals surface area (Å²) in [5.74, 6) is 0.659. The van der Waals surface area contributed by atoms with E-state index in [1.165, 1.54) is 12.1 Å². The molecular weight excluding hydrogens is 395 g/mol. The average molecular weight is 414 g/mol. The molecule has 0 unspecified atom stereocenters. The summed E-state index contributed by atoms with van der Waals surface area (Å²) in [5.41, 5.74) is 3.16. The van der Waals surface area contributed by atoms with Crippen molar-refractivity contribution in [1.82, 2.24) is 10.2 Å². The summed E-state index contributed by atoms with van der Waals surface area (Å²) in [5, 5.41) is 14.2. The highest BCUT2D eigenvalue weighted by Crippen LogP contribution is 2.21. The summed E-state index contributed by atoms with van der Waals surface area (Å²) in [4.78, 5) is 12.5. The van der Waals surface area contributed by atoms with Gasteiger partial charge in [0.25, 0.3) is 5.91 Å². The fourth-order valence-corrected chi connectivity index (χ4v) is 2.96. The Kier molecular flexibility index (Phi) is 5.84. The lowest BCUT2D eigenvalue weighted by Crippen LogP contribution is -2.11. The van der Waals surface area contributed by atoms with Crippen LogP contribution in [0.2, 0.25) is 0 Å². The number of carbonyl (C=O) groups excluding carboxylic acids is 1. The first-order valence-corrected chi connectivity index (χ1v) is 9.53. The third-order valence-corrected chi connectivity index (χ3v) is 4.53. The van der Waals surface area contributed by atoms with E-state index in [2.05, 4.69) is 20.8 Å². The molecule has 6 nitrogen and oxygen atoms in total. The fourth-order valence-electron chi connectivity index (χ4n) is 2.96. The Morgan fingerprint density at radius 2 is 1.68 bits per heavy atom. The first-order chi connectivity index (χ1) is 15.1. The van der Waals surface area contributed by atoms with Gasteiger partial charge in [0.05, 0.1) is 12.8 Å². The maximum Gasteiger partial charge on any atom is 0.255 e. The van der Waals surface area contributed by atoms with Crippen LogP contribution in [-0.2, 0) is 0 Å². The Morgan fingerprint density at radius 3 is 2.39 bits per heavy atom. The van der Waals surface area contributed by atoms with Crippen LogP contribution in [0.15, 0.2) is 84.9 Å². The number of nitrogens with one attached hydrogen (secondary N) is 2. The van der Waals surface area contributed by atoms with Crippen LogP contribution >= 0.6 is 0 Å². The molecule has 0 saturated carbocycles. The monoisotopic (exact) mass is 414 g/mol. The van der Waals surface area contributed by atoms with Crippen molar-refractivity contribution in [3.8, 4) is 17.0 Å². The number of halogens is 1. The number of anilines is 3. The molecule has 0 aliphatic heterocycles. The molecule has 0 fully saturated rings. The third kappa shape index (κ3) is 5.02. The van der Waals surface area contributed by atoms with Crippen molar-refractivity contribution in [2.45, 2.75) is 0 Å². The van der Waals surface area contributed by atoms with E-state index < -0.39 is 0 Å². The zero-order valence-electron chi connectivity index (χ0n) is 16.7. The number of benzene rings is 3. The van der Waals surface area contributed by atoms with E-state index in [-0.39, 0.29) is 11.7 Å². The molecule has 4 rings (SSSR count). The summed E-state index contributed by atoms with van der Waals surface area (Å²) >= 11 is 0. The van der Waals surface area contributed by atoms with Gasteiger partial charge in [0.1, 0.15) is 11.6 Å². The molecule has 0 spiro atoms. The second-order valence-electron chi connectivity index (χ2n) is 6.70. The Labute approximate surface area is 178 Å². The predicted octanol–water partition coefficient (Wildman–Crippen LogP) is 5.29. The smallest absolute Gasteiger partial charge is 0.255 e. The number of ether oxygens (including phenoxy) is 1. The Hall–Kier alpha value is -4.26. The largest absolute Gasteiger partial charge is 0.497 e. The number of rotatable bonds is 6. The molecule has 1 heterocycles. The molecule has 0 saturated heterocycles. The van der Waals surface area contributed by atoms with Gasteiger partial charge in [-0.25, -0.2) is 4.39 Å². The molecule has 1 aromatic heterocycles. The van der Waals surface area contributed by atoms with Gasteiger partial charge in [-0.3, -0.25) is 4.79 Å². The van der Waals surface area contributed by atoms with Crippen molar-refractivity contribution in [3.05, 3.63) is 96.3 Å². The minimum absolute atomic E-state index is 0.223. The number of hydrogen-bond donors (Lipinski definition) is 2. The van der Waals surface area contributed by atoms with Gasteiger partial charge in [-0.05, 0) is 60.7 Å². The van der Waals surface area contributed by atoms with Gasteiger partial charge in [0.15, 0.2) is 5.82 Å². The van der Waals surface area contributed by atoms with Crippen LogP contribution in [0, 0.1) is 5.82 Å². The summed E-state index contributed by atoms with van der Waals surface area (Å²) in [6.07, 6.45) is 0. The van der Waals surface area contributed by atoms with Crippen LogP contribution in [-0.4, -0.2) is 23.2 Å². The van der Waals surface area contributed by atoms with Gasteiger partial charge >= 0.3 is 0 Å². The standard InChI is InChI=1S/C24H19FN4O2/c1-31-21-7-3-6-20(15-21)27-24(30)16-8-10-19(11-9-16)26-23-13-12-22(28-29-23)17-4-2-5-18(25)14-17/h2-15H,1H3,(H,26,29)(H,27,30). The average Bonchev–Trinajstić information content (AvgIpc) is 2.80. The van der Waals surface area contributed by atoms with Gasteiger partial charge in [-0.1, -0.05) is 18.2 Å². The Morgan fingerprint density at radius 1 is 0.871 bits per heavy atom. The summed E-state index contributed by atoms with van der Waals surface area (Å²) in [6, 6.07) is 23.9. The van der Waals surface area contributed by atoms with Crippen molar-refractivity contribution in [3.63, 3.8) is 0 Å². The van der Waals surface area contributed by atoms with E-state index in [9.17, 15) is 9.18 Å². The van der Waals surface area contributed by atoms with E-state index in [0.717, 1.165) is 5.69 Å². The number of hydrogen-bond acceptors (Lipinski definition) is 5. The minimum atomic E-state index is -0.322. The second-order valence-corrected chi connectivity index (χ2v) is 6.70. The number of amides is 1. The van der Waals surface area contributed by atoms with Gasteiger partial charge in [0.2, 0.25) is 0 Å².